The van der Waals surface area contributed by atoms with Gasteiger partial charge in [0.2, 0.25) is 0 Å². The van der Waals surface area contributed by atoms with Crippen molar-refractivity contribution in [3.05, 3.63) is 100 Å². The molecule has 2 aromatic carbocycles. The molecule has 0 bridgehead atoms. The Morgan fingerprint density at radius 1 is 0.933 bits per heavy atom. The van der Waals surface area contributed by atoms with Crippen LogP contribution in [-0.2, 0) is 6.42 Å². The summed E-state index contributed by atoms with van der Waals surface area (Å²) >= 11 is 12.2. The van der Waals surface area contributed by atoms with Crippen molar-refractivity contribution < 1.29 is 4.79 Å². The first kappa shape index (κ1) is 20.1. The first-order valence-electron chi connectivity index (χ1n) is 9.41. The fourth-order valence-electron chi connectivity index (χ4n) is 3.05. The number of aromatic nitrogens is 3. The largest absolute Gasteiger partial charge is 0.350 e. The lowest BCUT2D eigenvalue weighted by Gasteiger charge is -2.09. The second-order valence-electron chi connectivity index (χ2n) is 6.62. The molecule has 0 aliphatic carbocycles. The monoisotopic (exact) mass is 436 g/mol. The van der Waals surface area contributed by atoms with E-state index in [0.29, 0.717) is 40.1 Å². The lowest BCUT2D eigenvalue weighted by Crippen LogP contribution is -2.28. The first-order chi connectivity index (χ1) is 14.6. The Morgan fingerprint density at radius 2 is 1.73 bits per heavy atom. The van der Waals surface area contributed by atoms with Crippen LogP contribution in [0.1, 0.15) is 16.2 Å². The molecule has 1 amide bonds. The average molecular weight is 437 g/mol. The lowest BCUT2D eigenvalue weighted by molar-refractivity contribution is 0.0946. The van der Waals surface area contributed by atoms with Gasteiger partial charge in [0.05, 0.1) is 21.4 Å². The molecule has 0 unspecified atom stereocenters. The maximum absolute atomic E-state index is 13.0. The molecule has 0 spiro atoms. The highest BCUT2D eigenvalue weighted by Crippen LogP contribution is 2.27. The molecule has 30 heavy (non-hydrogen) atoms. The van der Waals surface area contributed by atoms with Gasteiger partial charge in [-0.3, -0.25) is 9.78 Å². The Morgan fingerprint density at radius 3 is 2.47 bits per heavy atom. The Hall–Kier alpha value is -3.15. The van der Waals surface area contributed by atoms with Gasteiger partial charge < -0.3 is 5.32 Å². The van der Waals surface area contributed by atoms with E-state index in [1.807, 2.05) is 48.5 Å². The molecule has 7 heteroatoms. The Balaban J connectivity index is 1.63. The number of hydrogen-bond acceptors (Lipinski definition) is 3. The Kier molecular flexibility index (Phi) is 6.12. The summed E-state index contributed by atoms with van der Waals surface area (Å²) in [7, 11) is 0. The van der Waals surface area contributed by atoms with Gasteiger partial charge in [0, 0.05) is 30.4 Å². The SMILES string of the molecule is O=C(NCCc1ccccn1)c1cc(-c2ccccc2)nn1-c1ccc(Cl)c(Cl)c1. The van der Waals surface area contributed by atoms with E-state index in [1.54, 1.807) is 35.1 Å². The summed E-state index contributed by atoms with van der Waals surface area (Å²) in [5.41, 5.74) is 3.59. The zero-order valence-corrected chi connectivity index (χ0v) is 17.4. The number of pyridine rings is 1. The van der Waals surface area contributed by atoms with Gasteiger partial charge in [0.25, 0.3) is 5.91 Å². The molecule has 0 aliphatic heterocycles. The van der Waals surface area contributed by atoms with Crippen LogP contribution >= 0.6 is 23.2 Å². The third-order valence-electron chi connectivity index (χ3n) is 4.55. The quantitative estimate of drug-likeness (QED) is 0.450. The number of amides is 1. The van der Waals surface area contributed by atoms with Crippen molar-refractivity contribution in [3.8, 4) is 16.9 Å². The molecule has 0 aliphatic rings. The molecule has 0 saturated heterocycles. The van der Waals surface area contributed by atoms with Crippen molar-refractivity contribution in [2.24, 2.45) is 0 Å². The lowest BCUT2D eigenvalue weighted by atomic mass is 10.1. The van der Waals surface area contributed by atoms with Crippen molar-refractivity contribution in [2.75, 3.05) is 6.54 Å². The van der Waals surface area contributed by atoms with Crippen molar-refractivity contribution in [3.63, 3.8) is 0 Å². The number of carbonyl (C=O) groups excluding carboxylic acids is 1. The molecule has 150 valence electrons. The average Bonchev–Trinajstić information content (AvgIpc) is 3.23. The maximum atomic E-state index is 13.0. The maximum Gasteiger partial charge on any atom is 0.270 e. The molecule has 4 rings (SSSR count). The molecule has 0 saturated carbocycles. The van der Waals surface area contributed by atoms with Crippen LogP contribution in [0.3, 0.4) is 0 Å². The number of nitrogens with zero attached hydrogens (tertiary/aromatic N) is 3. The second kappa shape index (κ2) is 9.11. The Labute approximate surface area is 184 Å². The van der Waals surface area contributed by atoms with Crippen LogP contribution in [0.4, 0.5) is 0 Å². The van der Waals surface area contributed by atoms with E-state index in [1.165, 1.54) is 0 Å². The third-order valence-corrected chi connectivity index (χ3v) is 5.29. The highest BCUT2D eigenvalue weighted by atomic mass is 35.5. The molecule has 4 aromatic rings. The predicted molar refractivity (Wildman–Crippen MR) is 119 cm³/mol. The van der Waals surface area contributed by atoms with Crippen LogP contribution in [0, 0.1) is 0 Å². The highest BCUT2D eigenvalue weighted by Gasteiger charge is 2.18. The molecule has 0 atom stereocenters. The second-order valence-corrected chi connectivity index (χ2v) is 7.43. The molecular formula is C23H18Cl2N4O. The minimum atomic E-state index is -0.230. The van der Waals surface area contributed by atoms with Crippen molar-refractivity contribution in [1.82, 2.24) is 20.1 Å². The van der Waals surface area contributed by atoms with Gasteiger partial charge in [-0.25, -0.2) is 4.68 Å². The van der Waals surface area contributed by atoms with E-state index in [2.05, 4.69) is 15.4 Å². The summed E-state index contributed by atoms with van der Waals surface area (Å²) < 4.78 is 1.58. The summed E-state index contributed by atoms with van der Waals surface area (Å²) in [5, 5.41) is 8.44. The minimum Gasteiger partial charge on any atom is -0.350 e. The van der Waals surface area contributed by atoms with Crippen LogP contribution in [0.25, 0.3) is 16.9 Å². The van der Waals surface area contributed by atoms with Crippen LogP contribution in [0.2, 0.25) is 10.0 Å². The summed E-state index contributed by atoms with van der Waals surface area (Å²) in [5.74, 6) is -0.230. The summed E-state index contributed by atoms with van der Waals surface area (Å²) in [4.78, 5) is 17.3. The molecule has 2 aromatic heterocycles. The summed E-state index contributed by atoms with van der Waals surface area (Å²) in [6, 6.07) is 22.3. The number of rotatable bonds is 6. The van der Waals surface area contributed by atoms with Crippen LogP contribution in [0.15, 0.2) is 79.0 Å². The Bertz CT molecular complexity index is 1160. The molecule has 1 N–H and O–H groups in total. The van der Waals surface area contributed by atoms with Gasteiger partial charge in [-0.05, 0) is 36.4 Å². The number of nitrogens with one attached hydrogen (secondary N) is 1. The van der Waals surface area contributed by atoms with E-state index >= 15 is 0 Å². The molecule has 0 fully saturated rings. The van der Waals surface area contributed by atoms with E-state index in [9.17, 15) is 4.79 Å². The highest BCUT2D eigenvalue weighted by molar-refractivity contribution is 6.42. The normalized spacial score (nSPS) is 10.7. The predicted octanol–water partition coefficient (Wildman–Crippen LogP) is 5.21. The summed E-state index contributed by atoms with van der Waals surface area (Å²) in [6.07, 6.45) is 2.38. The molecule has 5 nitrogen and oxygen atoms in total. The number of hydrogen-bond donors (Lipinski definition) is 1. The number of benzene rings is 2. The van der Waals surface area contributed by atoms with Gasteiger partial charge in [-0.15, -0.1) is 0 Å². The van der Waals surface area contributed by atoms with E-state index in [0.717, 1.165) is 11.3 Å². The van der Waals surface area contributed by atoms with Crippen molar-refractivity contribution in [2.45, 2.75) is 6.42 Å². The molecule has 2 heterocycles. The van der Waals surface area contributed by atoms with Gasteiger partial charge >= 0.3 is 0 Å². The van der Waals surface area contributed by atoms with Crippen molar-refractivity contribution >= 4 is 29.1 Å². The van der Waals surface area contributed by atoms with E-state index in [-0.39, 0.29) is 5.91 Å². The fourth-order valence-corrected chi connectivity index (χ4v) is 3.34. The zero-order valence-electron chi connectivity index (χ0n) is 15.9. The zero-order chi connectivity index (χ0) is 20.9. The number of carbonyl (C=O) groups is 1. The van der Waals surface area contributed by atoms with Crippen LogP contribution in [-0.4, -0.2) is 27.2 Å². The smallest absolute Gasteiger partial charge is 0.270 e. The molecular weight excluding hydrogens is 419 g/mol. The van der Waals surface area contributed by atoms with Crippen LogP contribution < -0.4 is 5.32 Å². The van der Waals surface area contributed by atoms with Crippen molar-refractivity contribution in [1.29, 1.82) is 0 Å². The third kappa shape index (κ3) is 4.53. The minimum absolute atomic E-state index is 0.230. The fraction of sp³-hybridized carbons (Fsp3) is 0.0870. The first-order valence-corrected chi connectivity index (χ1v) is 10.2. The number of halogens is 2. The topological polar surface area (TPSA) is 59.8 Å². The standard InChI is InChI=1S/C23H18Cl2N4O/c24-19-10-9-18(14-20(19)25)29-22(15-21(28-29)16-6-2-1-3-7-16)23(30)27-13-11-17-8-4-5-12-26-17/h1-10,12,14-15H,11,13H2,(H,27,30). The van der Waals surface area contributed by atoms with E-state index < -0.39 is 0 Å². The van der Waals surface area contributed by atoms with Gasteiger partial charge in [0.1, 0.15) is 5.69 Å². The van der Waals surface area contributed by atoms with Gasteiger partial charge in [0.15, 0.2) is 0 Å². The van der Waals surface area contributed by atoms with E-state index in [4.69, 9.17) is 23.2 Å². The van der Waals surface area contributed by atoms with Crippen LogP contribution in [0.5, 0.6) is 0 Å². The summed E-state index contributed by atoms with van der Waals surface area (Å²) in [6.45, 7) is 0.461. The van der Waals surface area contributed by atoms with Gasteiger partial charge in [-0.2, -0.15) is 5.10 Å². The molecule has 0 radical (unpaired) electrons. The van der Waals surface area contributed by atoms with Gasteiger partial charge in [-0.1, -0.05) is 59.6 Å².